The van der Waals surface area contributed by atoms with Crippen LogP contribution in [0.15, 0.2) is 0 Å². The maximum atomic E-state index is 6.25. The summed E-state index contributed by atoms with van der Waals surface area (Å²) >= 11 is 0. The Morgan fingerprint density at radius 2 is 0.400 bits per heavy atom. The van der Waals surface area contributed by atoms with Crippen molar-refractivity contribution in [3.8, 4) is 0 Å². The predicted molar refractivity (Wildman–Crippen MR) is 30.9 cm³/mol. The maximum Gasteiger partial charge on any atom is 2.00 e. The normalized spacial score (nSPS) is 0.600. The van der Waals surface area contributed by atoms with Crippen LogP contribution in [0.4, 0.5) is 0 Å². The van der Waals surface area contributed by atoms with Crippen molar-refractivity contribution in [3.63, 3.8) is 0 Å². The molecule has 0 rings (SSSR count). The summed E-state index contributed by atoms with van der Waals surface area (Å²) < 4.78 is 0. The number of halogens is 1. The molecule has 0 heterocycles. The van der Waals surface area contributed by atoms with Gasteiger partial charge in [-0.1, -0.05) is 0 Å². The first kappa shape index (κ1) is 108. The van der Waals surface area contributed by atoms with Crippen molar-refractivity contribution in [2.75, 3.05) is 0 Å². The van der Waals surface area contributed by atoms with Gasteiger partial charge in [-0.15, -0.1) is 0 Å². The number of hydrogen-bond donors (Lipinski definition) is 0. The van der Waals surface area contributed by atoms with Crippen LogP contribution in [0.5, 0.6) is 0 Å². The Hall–Kier alpha value is 6.93. The van der Waals surface area contributed by atoms with Crippen LogP contribution in [0.1, 0.15) is 1.43 Å². The zero-order chi connectivity index (χ0) is 12.0. The van der Waals surface area contributed by atoms with E-state index in [0.717, 1.165) is 0 Å². The van der Waals surface area contributed by atoms with E-state index in [2.05, 4.69) is 0 Å². The fraction of sp³-hybridized carbons (Fsp3) is 0. The van der Waals surface area contributed by atoms with Gasteiger partial charge in [-0.2, -0.15) is 0 Å². The van der Waals surface area contributed by atoms with Crippen LogP contribution in [-0.4, -0.2) is 0 Å². The molecule has 0 N–H and O–H groups in total. The second-order valence-corrected chi connectivity index (χ2v) is 0. The number of hydrogen-bond acceptors (Lipinski definition) is 6. The molecule has 76 valence electrons. The van der Waals surface area contributed by atoms with E-state index in [9.17, 15) is 0 Å². The molecule has 0 saturated heterocycles. The Balaban J connectivity index is -0.00000000146. The van der Waals surface area contributed by atoms with Crippen LogP contribution in [0.2, 0.25) is 0 Å². The van der Waals surface area contributed by atoms with Crippen molar-refractivity contribution >= 4 is 0 Å². The van der Waals surface area contributed by atoms with E-state index in [-0.39, 0.29) is 317 Å². The van der Waals surface area contributed by atoms with Crippen LogP contribution in [0, 0.1) is 71.0 Å². The number of rotatable bonds is 0. The quantitative estimate of drug-likeness (QED) is 0.256. The monoisotopic (exact) mass is 466 g/mol. The molecular formula is C6HClFeK5N6Na. The molecule has 0 radical (unpaired) electrons. The van der Waals surface area contributed by atoms with E-state index >= 15 is 0 Å². The van der Waals surface area contributed by atoms with E-state index < -0.39 is 0 Å². The molecule has 0 unspecified atom stereocenters. The van der Waals surface area contributed by atoms with Gasteiger partial charge in [0, 0.05) is 0 Å². The Labute approximate surface area is 375 Å². The molecule has 0 atom stereocenters. The summed E-state index contributed by atoms with van der Waals surface area (Å²) in [6.07, 6.45) is 0. The number of nitrogens with zero attached hydrogens (tertiary/aromatic N) is 6. The molecule has 0 aromatic heterocycles. The van der Waals surface area contributed by atoms with Crippen molar-refractivity contribution in [1.29, 1.82) is 31.6 Å². The molecule has 0 amide bonds. The molecule has 6 nitrogen and oxygen atoms in total. The molecule has 0 saturated carbocycles. The van der Waals surface area contributed by atoms with E-state index in [1.807, 2.05) is 0 Å². The molecule has 20 heavy (non-hydrogen) atoms. The van der Waals surface area contributed by atoms with Gasteiger partial charge in [-0.05, 0) is 0 Å². The average molecular weight is 467 g/mol. The first-order chi connectivity index (χ1) is 6.00. The van der Waals surface area contributed by atoms with Gasteiger partial charge < -0.3 is 84.8 Å². The molecular weight excluding hydrogens is 466 g/mol. The Bertz CT molecular complexity index is 125. The van der Waals surface area contributed by atoms with Crippen LogP contribution < -0.4 is 299 Å². The fourth-order valence-electron chi connectivity index (χ4n) is 0. The van der Waals surface area contributed by atoms with Crippen molar-refractivity contribution in [2.45, 2.75) is 0 Å². The minimum atomic E-state index is 0. The molecule has 0 aliphatic heterocycles. The topological polar surface area (TPSA) is 143 Å². The average Bonchev–Trinajstić information content (AvgIpc) is 2.33. The van der Waals surface area contributed by atoms with Gasteiger partial charge in [-0.3, -0.25) is 0 Å². The molecule has 0 fully saturated rings. The SMILES string of the molecule is [C-]#N.[C-]#N.[C-]#N.[C-]#N.[C-]#N.[C-]#N.[Cl-].[Fe+2].[H-].[K+].[K+].[K+].[K+].[K+].[Na+]. The second-order valence-electron chi connectivity index (χ2n) is 0. The minimum Gasteiger partial charge on any atom is -1.00 e. The van der Waals surface area contributed by atoms with Gasteiger partial charge >= 0.3 is 304 Å². The zero-order valence-electron chi connectivity index (χ0n) is 13.4. The Morgan fingerprint density at radius 1 is 0.400 bits per heavy atom. The Kier molecular flexibility index (Phi) is 1820. The van der Waals surface area contributed by atoms with Crippen LogP contribution >= 0.6 is 0 Å². The van der Waals surface area contributed by atoms with Gasteiger partial charge in [0.15, 0.2) is 0 Å². The third-order valence-electron chi connectivity index (χ3n) is 0. The molecule has 0 aromatic rings. The smallest absolute Gasteiger partial charge is 1.00 e. The van der Waals surface area contributed by atoms with Gasteiger partial charge in [0.05, 0.1) is 0 Å². The molecule has 0 aliphatic carbocycles. The molecule has 0 bridgehead atoms. The van der Waals surface area contributed by atoms with Crippen molar-refractivity contribution in [2.24, 2.45) is 0 Å². The maximum absolute atomic E-state index is 6.25. The molecule has 0 aromatic carbocycles. The van der Waals surface area contributed by atoms with Crippen molar-refractivity contribution in [3.05, 3.63) is 39.4 Å². The summed E-state index contributed by atoms with van der Waals surface area (Å²) in [5.74, 6) is 0. The first-order valence-electron chi connectivity index (χ1n) is 1.34. The fourth-order valence-corrected chi connectivity index (χ4v) is 0. The summed E-state index contributed by atoms with van der Waals surface area (Å²) in [5, 5.41) is 37.5. The summed E-state index contributed by atoms with van der Waals surface area (Å²) in [4.78, 5) is 0. The van der Waals surface area contributed by atoms with Gasteiger partial charge in [0.1, 0.15) is 0 Å². The molecule has 0 aliphatic rings. The van der Waals surface area contributed by atoms with E-state index in [0.29, 0.717) is 0 Å². The third-order valence-corrected chi connectivity index (χ3v) is 0. The third kappa shape index (κ3) is 297. The van der Waals surface area contributed by atoms with Gasteiger partial charge in [0.2, 0.25) is 0 Å². The largest absolute Gasteiger partial charge is 2.00 e. The standard InChI is InChI=1S/6CN.ClH.Fe.5K.Na.H/c6*1-2;;;;;;;;;/h;;;;;;1H;;;;;;;;/q6*-1;;+2;6*+1;-1/p-1. The van der Waals surface area contributed by atoms with E-state index in [1.165, 1.54) is 0 Å². The minimum absolute atomic E-state index is 0. The summed E-state index contributed by atoms with van der Waals surface area (Å²) in [7, 11) is 0. The molecule has 14 heteroatoms. The van der Waals surface area contributed by atoms with Gasteiger partial charge in [0.25, 0.3) is 0 Å². The van der Waals surface area contributed by atoms with Crippen LogP contribution in [0.25, 0.3) is 0 Å². The predicted octanol–water partition coefficient (Wildman–Crippen LogP) is -20.3. The molecule has 0 spiro atoms. The zero-order valence-corrected chi connectivity index (χ0v) is 31.9. The first-order valence-corrected chi connectivity index (χ1v) is 1.34. The Morgan fingerprint density at radius 3 is 0.400 bits per heavy atom. The van der Waals surface area contributed by atoms with Crippen LogP contribution in [0.3, 0.4) is 0 Å². The van der Waals surface area contributed by atoms with Gasteiger partial charge in [-0.25, -0.2) is 0 Å². The van der Waals surface area contributed by atoms with E-state index in [1.54, 1.807) is 0 Å². The van der Waals surface area contributed by atoms with Crippen molar-refractivity contribution in [1.82, 2.24) is 0 Å². The van der Waals surface area contributed by atoms with Crippen LogP contribution in [-0.2, 0) is 17.1 Å². The second kappa shape index (κ2) is 335. The summed E-state index contributed by atoms with van der Waals surface area (Å²) in [5.41, 5.74) is 0. The van der Waals surface area contributed by atoms with Crippen molar-refractivity contribution < 1.29 is 317 Å². The summed E-state index contributed by atoms with van der Waals surface area (Å²) in [6.45, 7) is 28.5. The summed E-state index contributed by atoms with van der Waals surface area (Å²) in [6, 6.07) is 0. The van der Waals surface area contributed by atoms with E-state index in [4.69, 9.17) is 71.0 Å².